The molecule has 1 unspecified atom stereocenters. The minimum atomic E-state index is 0.219. The Morgan fingerprint density at radius 2 is 2.47 bits per heavy atom. The second kappa shape index (κ2) is 4.47. The largest absolute Gasteiger partial charge is 0.469 e. The summed E-state index contributed by atoms with van der Waals surface area (Å²) in [6.45, 7) is 2.23. The van der Waals surface area contributed by atoms with E-state index >= 15 is 0 Å². The molecule has 0 saturated carbocycles. The number of ketones is 1. The Morgan fingerprint density at radius 3 is 3.07 bits per heavy atom. The smallest absolute Gasteiger partial charge is 0.166 e. The number of Topliss-reactive ketones (excluding diaryl/α,β-unsaturated/α-hetero) is 1. The van der Waals surface area contributed by atoms with E-state index in [4.69, 9.17) is 4.42 Å². The zero-order valence-electron chi connectivity index (χ0n) is 9.03. The average Bonchev–Trinajstić information content (AvgIpc) is 2.71. The standard InChI is InChI=1S/C13H16O2/c1-10-4-6-11(7-5-10)13(14)9-12-3-2-8-15-12/h2-3,6,8,10H,4-5,7,9H2,1H3. The first kappa shape index (κ1) is 10.2. The van der Waals surface area contributed by atoms with Gasteiger partial charge < -0.3 is 4.42 Å². The SMILES string of the molecule is CC1CC=C(C(=O)Cc2ccco2)CC1. The fourth-order valence-corrected chi connectivity index (χ4v) is 1.90. The summed E-state index contributed by atoms with van der Waals surface area (Å²) in [5.74, 6) is 1.71. The highest BCUT2D eigenvalue weighted by molar-refractivity contribution is 5.96. The Labute approximate surface area is 90.0 Å². The van der Waals surface area contributed by atoms with Crippen LogP contribution >= 0.6 is 0 Å². The summed E-state index contributed by atoms with van der Waals surface area (Å²) in [6, 6.07) is 3.67. The molecule has 0 bridgehead atoms. The molecule has 0 amide bonds. The van der Waals surface area contributed by atoms with E-state index in [0.717, 1.165) is 36.5 Å². The molecule has 15 heavy (non-hydrogen) atoms. The number of furan rings is 1. The quantitative estimate of drug-likeness (QED) is 0.757. The topological polar surface area (TPSA) is 30.2 Å². The maximum Gasteiger partial charge on any atom is 0.166 e. The number of rotatable bonds is 3. The van der Waals surface area contributed by atoms with Gasteiger partial charge in [-0.15, -0.1) is 0 Å². The van der Waals surface area contributed by atoms with Crippen LogP contribution in [0.2, 0.25) is 0 Å². The maximum atomic E-state index is 11.8. The molecule has 1 aliphatic carbocycles. The van der Waals surface area contributed by atoms with Crippen LogP contribution < -0.4 is 0 Å². The van der Waals surface area contributed by atoms with Gasteiger partial charge in [0.1, 0.15) is 5.76 Å². The lowest BCUT2D eigenvalue weighted by Gasteiger charge is -2.16. The Kier molecular flexibility index (Phi) is 3.05. The van der Waals surface area contributed by atoms with E-state index in [-0.39, 0.29) is 5.78 Å². The van der Waals surface area contributed by atoms with Crippen LogP contribution in [0.1, 0.15) is 31.9 Å². The molecule has 0 radical (unpaired) electrons. The van der Waals surface area contributed by atoms with Crippen LogP contribution in [0.15, 0.2) is 34.5 Å². The molecule has 1 heterocycles. The molecule has 0 aromatic carbocycles. The van der Waals surface area contributed by atoms with Crippen LogP contribution in [-0.4, -0.2) is 5.78 Å². The number of carbonyl (C=O) groups is 1. The highest BCUT2D eigenvalue weighted by atomic mass is 16.3. The van der Waals surface area contributed by atoms with Crippen LogP contribution in [0.25, 0.3) is 0 Å². The van der Waals surface area contributed by atoms with Crippen molar-refractivity contribution >= 4 is 5.78 Å². The van der Waals surface area contributed by atoms with Gasteiger partial charge in [0.2, 0.25) is 0 Å². The summed E-state index contributed by atoms with van der Waals surface area (Å²) in [4.78, 5) is 11.8. The summed E-state index contributed by atoms with van der Waals surface area (Å²) < 4.78 is 5.17. The molecule has 0 aliphatic heterocycles. The lowest BCUT2D eigenvalue weighted by Crippen LogP contribution is -2.11. The van der Waals surface area contributed by atoms with E-state index < -0.39 is 0 Å². The number of allylic oxidation sites excluding steroid dienone is 2. The van der Waals surface area contributed by atoms with Crippen molar-refractivity contribution < 1.29 is 9.21 Å². The van der Waals surface area contributed by atoms with E-state index in [9.17, 15) is 4.79 Å². The molecule has 0 fully saturated rings. The molecule has 1 atom stereocenters. The Bertz CT molecular complexity index is 360. The van der Waals surface area contributed by atoms with Gasteiger partial charge in [0.15, 0.2) is 5.78 Å². The van der Waals surface area contributed by atoms with Crippen molar-refractivity contribution in [2.75, 3.05) is 0 Å². The molecule has 1 aromatic rings. The molecule has 2 nitrogen and oxygen atoms in total. The van der Waals surface area contributed by atoms with Gasteiger partial charge in [0.05, 0.1) is 12.7 Å². The Morgan fingerprint density at radius 1 is 1.60 bits per heavy atom. The van der Waals surface area contributed by atoms with Crippen molar-refractivity contribution in [3.63, 3.8) is 0 Å². The fraction of sp³-hybridized carbons (Fsp3) is 0.462. The molecule has 0 spiro atoms. The zero-order valence-corrected chi connectivity index (χ0v) is 9.03. The van der Waals surface area contributed by atoms with Gasteiger partial charge in [-0.05, 0) is 42.9 Å². The highest BCUT2D eigenvalue weighted by Gasteiger charge is 2.16. The van der Waals surface area contributed by atoms with Crippen molar-refractivity contribution in [3.8, 4) is 0 Å². The maximum absolute atomic E-state index is 11.8. The van der Waals surface area contributed by atoms with E-state index in [1.54, 1.807) is 6.26 Å². The van der Waals surface area contributed by atoms with Crippen LogP contribution in [0.4, 0.5) is 0 Å². The van der Waals surface area contributed by atoms with Crippen molar-refractivity contribution in [2.45, 2.75) is 32.6 Å². The van der Waals surface area contributed by atoms with Crippen LogP contribution in [0, 0.1) is 5.92 Å². The molecule has 0 saturated heterocycles. The number of hydrogen-bond acceptors (Lipinski definition) is 2. The zero-order chi connectivity index (χ0) is 10.7. The third-order valence-corrected chi connectivity index (χ3v) is 2.95. The van der Waals surface area contributed by atoms with E-state index in [1.165, 1.54) is 0 Å². The summed E-state index contributed by atoms with van der Waals surface area (Å²) in [7, 11) is 0. The highest BCUT2D eigenvalue weighted by Crippen LogP contribution is 2.24. The third-order valence-electron chi connectivity index (χ3n) is 2.95. The second-order valence-corrected chi connectivity index (χ2v) is 4.29. The van der Waals surface area contributed by atoms with Gasteiger partial charge in [-0.25, -0.2) is 0 Å². The summed E-state index contributed by atoms with van der Waals surface area (Å²) in [5.41, 5.74) is 0.990. The van der Waals surface area contributed by atoms with Crippen molar-refractivity contribution in [1.82, 2.24) is 0 Å². The molecule has 2 rings (SSSR count). The Hall–Kier alpha value is -1.31. The first-order chi connectivity index (χ1) is 7.25. The molecule has 2 heteroatoms. The van der Waals surface area contributed by atoms with E-state index in [1.807, 2.05) is 12.1 Å². The van der Waals surface area contributed by atoms with Crippen molar-refractivity contribution in [3.05, 3.63) is 35.8 Å². The van der Waals surface area contributed by atoms with E-state index in [2.05, 4.69) is 13.0 Å². The molecule has 1 aliphatic rings. The predicted molar refractivity (Wildman–Crippen MR) is 58.5 cm³/mol. The minimum absolute atomic E-state index is 0.219. The Balaban J connectivity index is 1.97. The summed E-state index contributed by atoms with van der Waals surface area (Å²) in [6.07, 6.45) is 7.22. The fourth-order valence-electron chi connectivity index (χ4n) is 1.90. The molecule has 0 N–H and O–H groups in total. The number of carbonyl (C=O) groups excluding carboxylic acids is 1. The van der Waals surface area contributed by atoms with Gasteiger partial charge in [-0.1, -0.05) is 13.0 Å². The average molecular weight is 204 g/mol. The lowest BCUT2D eigenvalue weighted by molar-refractivity contribution is -0.115. The molecule has 1 aromatic heterocycles. The second-order valence-electron chi connectivity index (χ2n) is 4.29. The van der Waals surface area contributed by atoms with Gasteiger partial charge in [-0.2, -0.15) is 0 Å². The minimum Gasteiger partial charge on any atom is -0.469 e. The van der Waals surface area contributed by atoms with Gasteiger partial charge >= 0.3 is 0 Å². The first-order valence-electron chi connectivity index (χ1n) is 5.50. The summed E-state index contributed by atoms with van der Waals surface area (Å²) >= 11 is 0. The van der Waals surface area contributed by atoms with Crippen LogP contribution in [-0.2, 0) is 11.2 Å². The number of hydrogen-bond donors (Lipinski definition) is 0. The monoisotopic (exact) mass is 204 g/mol. The summed E-state index contributed by atoms with van der Waals surface area (Å²) in [5, 5.41) is 0. The lowest BCUT2D eigenvalue weighted by atomic mass is 9.88. The molecular weight excluding hydrogens is 188 g/mol. The van der Waals surface area contributed by atoms with Crippen molar-refractivity contribution in [1.29, 1.82) is 0 Å². The van der Waals surface area contributed by atoms with Gasteiger partial charge in [0.25, 0.3) is 0 Å². The van der Waals surface area contributed by atoms with Gasteiger partial charge in [0, 0.05) is 0 Å². The first-order valence-corrected chi connectivity index (χ1v) is 5.50. The molecular formula is C13H16O2. The third kappa shape index (κ3) is 2.58. The normalized spacial score (nSPS) is 21.1. The predicted octanol–water partition coefficient (Wildman–Crippen LogP) is 3.14. The van der Waals surface area contributed by atoms with E-state index in [0.29, 0.717) is 6.42 Å². The van der Waals surface area contributed by atoms with Crippen molar-refractivity contribution in [2.24, 2.45) is 5.92 Å². The van der Waals surface area contributed by atoms with Gasteiger partial charge in [-0.3, -0.25) is 4.79 Å². The molecule has 80 valence electrons. The van der Waals surface area contributed by atoms with Crippen LogP contribution in [0.5, 0.6) is 0 Å². The van der Waals surface area contributed by atoms with Crippen LogP contribution in [0.3, 0.4) is 0 Å².